The molecule has 0 amide bonds. The predicted molar refractivity (Wildman–Crippen MR) is 86.1 cm³/mol. The average Bonchev–Trinajstić information content (AvgIpc) is 2.49. The zero-order valence-corrected chi connectivity index (χ0v) is 13.1. The van der Waals surface area contributed by atoms with Crippen LogP contribution in [0.25, 0.3) is 0 Å². The molecule has 0 aliphatic rings. The van der Waals surface area contributed by atoms with Crippen molar-refractivity contribution < 1.29 is 4.39 Å². The minimum Gasteiger partial charge on any atom is -0.207 e. The van der Waals surface area contributed by atoms with Crippen LogP contribution in [0.15, 0.2) is 41.3 Å². The van der Waals surface area contributed by atoms with E-state index in [1.807, 2.05) is 25.1 Å². The van der Waals surface area contributed by atoms with Crippen molar-refractivity contribution in [1.29, 1.82) is 5.26 Å². The van der Waals surface area contributed by atoms with E-state index in [1.165, 1.54) is 0 Å². The summed E-state index contributed by atoms with van der Waals surface area (Å²) in [6, 6.07) is 13.2. The van der Waals surface area contributed by atoms with E-state index in [9.17, 15) is 4.39 Å². The van der Waals surface area contributed by atoms with Crippen molar-refractivity contribution in [2.45, 2.75) is 31.6 Å². The highest BCUT2D eigenvalue weighted by atomic mass is 32.2. The average molecular weight is 299 g/mol. The molecule has 0 spiro atoms. The lowest BCUT2D eigenvalue weighted by Gasteiger charge is -2.09. The third-order valence-electron chi connectivity index (χ3n) is 3.41. The van der Waals surface area contributed by atoms with E-state index in [-0.39, 0.29) is 5.82 Å². The van der Waals surface area contributed by atoms with Crippen LogP contribution in [0.5, 0.6) is 0 Å². The van der Waals surface area contributed by atoms with E-state index in [1.54, 1.807) is 30.0 Å². The maximum absolute atomic E-state index is 14.0. The van der Waals surface area contributed by atoms with Crippen LogP contribution >= 0.6 is 11.8 Å². The summed E-state index contributed by atoms with van der Waals surface area (Å²) in [4.78, 5) is 1.16. The molecule has 0 bridgehead atoms. The fraction of sp³-hybridized carbons (Fsp3) is 0.278. The number of halogens is 1. The topological polar surface area (TPSA) is 23.8 Å². The normalized spacial score (nSPS) is 10.4. The minimum absolute atomic E-state index is 0.124. The molecule has 2 aromatic rings. The molecular formula is C18H18FNS. The van der Waals surface area contributed by atoms with Gasteiger partial charge in [-0.3, -0.25) is 0 Å². The summed E-state index contributed by atoms with van der Waals surface area (Å²) in [7, 11) is 0. The Morgan fingerprint density at radius 1 is 1.14 bits per heavy atom. The van der Waals surface area contributed by atoms with Gasteiger partial charge in [0.25, 0.3) is 0 Å². The van der Waals surface area contributed by atoms with Gasteiger partial charge >= 0.3 is 0 Å². The lowest BCUT2D eigenvalue weighted by Crippen LogP contribution is -1.97. The number of nitriles is 1. The fourth-order valence-corrected chi connectivity index (χ4v) is 3.05. The molecule has 0 atom stereocenters. The van der Waals surface area contributed by atoms with Gasteiger partial charge in [0.15, 0.2) is 0 Å². The van der Waals surface area contributed by atoms with Crippen LogP contribution in [0.1, 0.15) is 29.2 Å². The molecule has 0 N–H and O–H groups in total. The Bertz CT molecular complexity index is 656. The van der Waals surface area contributed by atoms with Crippen molar-refractivity contribution in [2.75, 3.05) is 5.75 Å². The van der Waals surface area contributed by atoms with Crippen molar-refractivity contribution in [1.82, 2.24) is 0 Å². The first-order valence-corrected chi connectivity index (χ1v) is 8.03. The maximum atomic E-state index is 14.0. The van der Waals surface area contributed by atoms with Gasteiger partial charge < -0.3 is 0 Å². The second-order valence-corrected chi connectivity index (χ2v) is 6.26. The molecule has 21 heavy (non-hydrogen) atoms. The van der Waals surface area contributed by atoms with E-state index in [4.69, 9.17) is 5.26 Å². The van der Waals surface area contributed by atoms with Crippen molar-refractivity contribution >= 4 is 11.8 Å². The highest BCUT2D eigenvalue weighted by molar-refractivity contribution is 7.99. The molecule has 0 saturated heterocycles. The first kappa shape index (κ1) is 15.6. The molecule has 0 aromatic heterocycles. The minimum atomic E-state index is -0.124. The van der Waals surface area contributed by atoms with Crippen molar-refractivity contribution in [3.05, 3.63) is 64.5 Å². The van der Waals surface area contributed by atoms with Crippen LogP contribution in [0.4, 0.5) is 4.39 Å². The Labute approximate surface area is 129 Å². The van der Waals surface area contributed by atoms with Gasteiger partial charge in [0.05, 0.1) is 11.6 Å². The summed E-state index contributed by atoms with van der Waals surface area (Å²) in [5, 5.41) is 8.78. The standard InChI is InChI=1S/C18H18FNS/c1-3-21-18-11-16(17(19)10-13(18)2)9-8-14-4-6-15(12-20)7-5-14/h4-7,10-11H,3,8-9H2,1-2H3. The number of hydrogen-bond donors (Lipinski definition) is 0. The van der Waals surface area contributed by atoms with Gasteiger partial charge in [0, 0.05) is 4.90 Å². The van der Waals surface area contributed by atoms with Crippen LogP contribution in [-0.4, -0.2) is 5.75 Å². The van der Waals surface area contributed by atoms with E-state index < -0.39 is 0 Å². The van der Waals surface area contributed by atoms with Crippen LogP contribution in [-0.2, 0) is 12.8 Å². The summed E-state index contributed by atoms with van der Waals surface area (Å²) in [5.74, 6) is 0.864. The van der Waals surface area contributed by atoms with Gasteiger partial charge in [-0.25, -0.2) is 4.39 Å². The highest BCUT2D eigenvalue weighted by Gasteiger charge is 2.08. The lowest BCUT2D eigenvalue weighted by atomic mass is 10.0. The Balaban J connectivity index is 2.11. The zero-order chi connectivity index (χ0) is 15.2. The molecular weight excluding hydrogens is 281 g/mol. The Kier molecular flexibility index (Phi) is 5.41. The van der Waals surface area contributed by atoms with E-state index >= 15 is 0 Å². The quantitative estimate of drug-likeness (QED) is 0.733. The monoisotopic (exact) mass is 299 g/mol. The predicted octanol–water partition coefficient (Wildman–Crippen LogP) is 4.90. The molecule has 0 aliphatic carbocycles. The van der Waals surface area contributed by atoms with Crippen molar-refractivity contribution in [2.24, 2.45) is 0 Å². The summed E-state index contributed by atoms with van der Waals surface area (Å²) < 4.78 is 14.0. The van der Waals surface area contributed by atoms with E-state index in [0.29, 0.717) is 12.0 Å². The summed E-state index contributed by atoms with van der Waals surface area (Å²) in [5.41, 5.74) is 3.54. The fourth-order valence-electron chi connectivity index (χ4n) is 2.22. The molecule has 108 valence electrons. The molecule has 3 heteroatoms. The van der Waals surface area contributed by atoms with Gasteiger partial charge in [-0.2, -0.15) is 5.26 Å². The van der Waals surface area contributed by atoms with Crippen molar-refractivity contribution in [3.8, 4) is 6.07 Å². The Hall–Kier alpha value is -1.79. The van der Waals surface area contributed by atoms with E-state index in [0.717, 1.165) is 33.8 Å². The van der Waals surface area contributed by atoms with Crippen LogP contribution < -0.4 is 0 Å². The molecule has 0 aliphatic heterocycles. The van der Waals surface area contributed by atoms with Crippen LogP contribution in [0, 0.1) is 24.1 Å². The molecule has 0 fully saturated rings. The summed E-state index contributed by atoms with van der Waals surface area (Å²) >= 11 is 1.75. The third kappa shape index (κ3) is 4.09. The second kappa shape index (κ2) is 7.28. The number of benzene rings is 2. The first-order chi connectivity index (χ1) is 10.1. The third-order valence-corrected chi connectivity index (χ3v) is 4.45. The van der Waals surface area contributed by atoms with Crippen LogP contribution in [0.3, 0.4) is 0 Å². The molecule has 0 saturated carbocycles. The highest BCUT2D eigenvalue weighted by Crippen LogP contribution is 2.26. The Morgan fingerprint density at radius 2 is 1.86 bits per heavy atom. The molecule has 2 rings (SSSR count). The number of nitrogens with zero attached hydrogens (tertiary/aromatic N) is 1. The number of rotatable bonds is 5. The second-order valence-electron chi connectivity index (χ2n) is 4.95. The summed E-state index contributed by atoms with van der Waals surface area (Å²) in [6.07, 6.45) is 1.46. The smallest absolute Gasteiger partial charge is 0.126 e. The SMILES string of the molecule is CCSc1cc(CCc2ccc(C#N)cc2)c(F)cc1C. The first-order valence-electron chi connectivity index (χ1n) is 7.05. The molecule has 0 unspecified atom stereocenters. The summed E-state index contributed by atoms with van der Waals surface area (Å²) in [6.45, 7) is 4.05. The van der Waals surface area contributed by atoms with Gasteiger partial charge in [-0.1, -0.05) is 19.1 Å². The van der Waals surface area contributed by atoms with Crippen molar-refractivity contribution in [3.63, 3.8) is 0 Å². The molecule has 0 heterocycles. The number of thioether (sulfide) groups is 1. The lowest BCUT2D eigenvalue weighted by molar-refractivity contribution is 0.605. The van der Waals surface area contributed by atoms with Gasteiger partial charge in [-0.15, -0.1) is 11.8 Å². The van der Waals surface area contributed by atoms with Gasteiger partial charge in [0.1, 0.15) is 5.82 Å². The maximum Gasteiger partial charge on any atom is 0.126 e. The number of hydrogen-bond acceptors (Lipinski definition) is 2. The van der Waals surface area contributed by atoms with E-state index in [2.05, 4.69) is 13.0 Å². The van der Waals surface area contributed by atoms with Crippen LogP contribution in [0.2, 0.25) is 0 Å². The largest absolute Gasteiger partial charge is 0.207 e. The number of aryl methyl sites for hydroxylation is 3. The molecule has 2 aromatic carbocycles. The molecule has 1 nitrogen and oxygen atoms in total. The molecule has 0 radical (unpaired) electrons. The van der Waals surface area contributed by atoms with Gasteiger partial charge in [0.2, 0.25) is 0 Å². The Morgan fingerprint density at radius 3 is 2.48 bits per heavy atom. The van der Waals surface area contributed by atoms with Gasteiger partial charge in [-0.05, 0) is 66.5 Å². The zero-order valence-electron chi connectivity index (χ0n) is 12.3.